The summed E-state index contributed by atoms with van der Waals surface area (Å²) >= 11 is 1.35. The van der Waals surface area contributed by atoms with Gasteiger partial charge in [0.1, 0.15) is 10.8 Å². The van der Waals surface area contributed by atoms with Crippen molar-refractivity contribution in [2.45, 2.75) is 60.0 Å². The molecule has 1 aromatic heterocycles. The van der Waals surface area contributed by atoms with Gasteiger partial charge >= 0.3 is 6.61 Å². The fourth-order valence-electron chi connectivity index (χ4n) is 4.46. The van der Waals surface area contributed by atoms with Gasteiger partial charge in [-0.3, -0.25) is 4.90 Å². The highest BCUT2D eigenvalue weighted by molar-refractivity contribution is 7.15. The number of thiazole rings is 1. The van der Waals surface area contributed by atoms with E-state index in [2.05, 4.69) is 35.4 Å². The second-order valence-corrected chi connectivity index (χ2v) is 11.0. The van der Waals surface area contributed by atoms with Crippen LogP contribution in [0.15, 0.2) is 24.4 Å². The molecule has 2 N–H and O–H groups in total. The van der Waals surface area contributed by atoms with Crippen LogP contribution in [0.4, 0.5) is 8.78 Å². The Hall–Kier alpha value is -2.12. The van der Waals surface area contributed by atoms with Crippen molar-refractivity contribution in [2.24, 2.45) is 16.7 Å². The predicted octanol–water partition coefficient (Wildman–Crippen LogP) is 4.86. The molecule has 0 unspecified atom stereocenters. The highest BCUT2D eigenvalue weighted by Crippen LogP contribution is 2.45. The molecular formula is C24H31F2N3O3S. The number of nitrogens with zero attached hydrogens (tertiary/aromatic N) is 3. The van der Waals surface area contributed by atoms with Crippen molar-refractivity contribution < 1.29 is 23.7 Å². The van der Waals surface area contributed by atoms with Crippen LogP contribution in [0.25, 0.3) is 10.6 Å². The topological polar surface area (TPSA) is 89.6 Å². The monoisotopic (exact) mass is 479 g/mol. The Kier molecular flexibility index (Phi) is 7.74. The minimum Gasteiger partial charge on any atom is -0.434 e. The number of alkyl halides is 2. The van der Waals surface area contributed by atoms with Crippen LogP contribution < -0.4 is 4.74 Å². The van der Waals surface area contributed by atoms with Gasteiger partial charge in [-0.2, -0.15) is 14.0 Å². The minimum atomic E-state index is -2.98. The molecule has 0 amide bonds. The van der Waals surface area contributed by atoms with E-state index in [0.717, 1.165) is 17.8 Å². The van der Waals surface area contributed by atoms with Gasteiger partial charge in [-0.25, -0.2) is 4.98 Å². The summed E-state index contributed by atoms with van der Waals surface area (Å²) in [5.74, 6) is 0.253. The summed E-state index contributed by atoms with van der Waals surface area (Å²) in [5.41, 5.74) is 0.0810. The third-order valence-electron chi connectivity index (χ3n) is 6.63. The number of hydrogen-bond acceptors (Lipinski definition) is 7. The number of likely N-dealkylation sites (tertiary alicyclic amines) is 1. The zero-order valence-electron chi connectivity index (χ0n) is 19.4. The minimum absolute atomic E-state index is 0.00604. The summed E-state index contributed by atoms with van der Waals surface area (Å²) in [5, 5.41) is 30.1. The number of aromatic nitrogens is 1. The molecule has 0 bridgehead atoms. The zero-order chi connectivity index (χ0) is 24.4. The van der Waals surface area contributed by atoms with Gasteiger partial charge in [0.15, 0.2) is 6.29 Å². The SMILES string of the molecule is CC[C@@]1(C(O)O)C[C@@H](C(C)(C)C)CN(Cc2cnc(-c3cc(C#N)ccc3OC(F)F)s2)C1. The highest BCUT2D eigenvalue weighted by atomic mass is 32.1. The quantitative estimate of drug-likeness (QED) is 0.552. The lowest BCUT2D eigenvalue weighted by molar-refractivity contribution is -0.175. The molecule has 2 heterocycles. The number of ether oxygens (including phenoxy) is 1. The van der Waals surface area contributed by atoms with Crippen LogP contribution in [0, 0.1) is 28.1 Å². The first-order chi connectivity index (χ1) is 15.5. The maximum absolute atomic E-state index is 12.9. The maximum atomic E-state index is 12.9. The number of rotatable bonds is 7. The lowest BCUT2D eigenvalue weighted by atomic mass is 9.65. The number of aliphatic hydroxyl groups excluding tert-OH is 1. The third-order valence-corrected chi connectivity index (χ3v) is 7.65. The van der Waals surface area contributed by atoms with Gasteiger partial charge in [0, 0.05) is 36.1 Å². The Balaban J connectivity index is 1.87. The van der Waals surface area contributed by atoms with Crippen molar-refractivity contribution in [1.82, 2.24) is 9.88 Å². The van der Waals surface area contributed by atoms with Crippen LogP contribution >= 0.6 is 11.3 Å². The molecule has 3 rings (SSSR count). The van der Waals surface area contributed by atoms with E-state index in [4.69, 9.17) is 0 Å². The molecule has 6 nitrogen and oxygen atoms in total. The van der Waals surface area contributed by atoms with E-state index in [1.807, 2.05) is 13.0 Å². The maximum Gasteiger partial charge on any atom is 0.387 e. The second-order valence-electron chi connectivity index (χ2n) is 9.86. The first-order valence-corrected chi connectivity index (χ1v) is 11.8. The second kappa shape index (κ2) is 10.0. The molecular weight excluding hydrogens is 448 g/mol. The average Bonchev–Trinajstić information content (AvgIpc) is 3.20. The Bertz CT molecular complexity index is 1000. The normalized spacial score (nSPS) is 22.0. The summed E-state index contributed by atoms with van der Waals surface area (Å²) in [6.07, 6.45) is 1.69. The zero-order valence-corrected chi connectivity index (χ0v) is 20.2. The van der Waals surface area contributed by atoms with E-state index >= 15 is 0 Å². The molecule has 9 heteroatoms. The van der Waals surface area contributed by atoms with Gasteiger partial charge in [-0.1, -0.05) is 27.7 Å². The molecule has 0 spiro atoms. The number of aliphatic hydroxyl groups is 2. The number of halogens is 2. The summed E-state index contributed by atoms with van der Waals surface area (Å²) in [6.45, 7) is 7.43. The van der Waals surface area contributed by atoms with E-state index in [-0.39, 0.29) is 17.1 Å². The molecule has 0 saturated carbocycles. The van der Waals surface area contributed by atoms with Crippen LogP contribution in [-0.4, -0.2) is 46.1 Å². The fourth-order valence-corrected chi connectivity index (χ4v) is 5.43. The molecule has 1 aliphatic rings. The lowest BCUT2D eigenvalue weighted by Crippen LogP contribution is -2.54. The Labute approximate surface area is 197 Å². The average molecular weight is 480 g/mol. The lowest BCUT2D eigenvalue weighted by Gasteiger charge is -2.50. The molecule has 180 valence electrons. The van der Waals surface area contributed by atoms with E-state index in [1.165, 1.54) is 29.5 Å². The molecule has 1 aliphatic heterocycles. The molecule has 33 heavy (non-hydrogen) atoms. The molecule has 2 aromatic rings. The number of nitriles is 1. The first kappa shape index (κ1) is 25.5. The van der Waals surface area contributed by atoms with Crippen molar-refractivity contribution in [1.29, 1.82) is 5.26 Å². The highest BCUT2D eigenvalue weighted by Gasteiger charge is 2.46. The van der Waals surface area contributed by atoms with Crippen LogP contribution in [0.5, 0.6) is 5.75 Å². The van der Waals surface area contributed by atoms with Gasteiger partial charge in [-0.05, 0) is 42.4 Å². The molecule has 1 saturated heterocycles. The third kappa shape index (κ3) is 5.87. The van der Waals surface area contributed by atoms with Crippen molar-refractivity contribution in [3.8, 4) is 22.4 Å². The van der Waals surface area contributed by atoms with Crippen LogP contribution in [0.3, 0.4) is 0 Å². The van der Waals surface area contributed by atoms with Crippen LogP contribution in [-0.2, 0) is 6.54 Å². The summed E-state index contributed by atoms with van der Waals surface area (Å²) in [4.78, 5) is 7.56. The Morgan fingerprint density at radius 1 is 1.36 bits per heavy atom. The van der Waals surface area contributed by atoms with Crippen LogP contribution in [0.2, 0.25) is 0 Å². The molecule has 0 radical (unpaired) electrons. The molecule has 1 aromatic carbocycles. The van der Waals surface area contributed by atoms with Gasteiger partial charge in [0.05, 0.1) is 17.2 Å². The van der Waals surface area contributed by atoms with Gasteiger partial charge in [0.2, 0.25) is 0 Å². The van der Waals surface area contributed by atoms with Crippen molar-refractivity contribution >= 4 is 11.3 Å². The summed E-state index contributed by atoms with van der Waals surface area (Å²) < 4.78 is 30.4. The van der Waals surface area contributed by atoms with Gasteiger partial charge in [0.25, 0.3) is 0 Å². The smallest absolute Gasteiger partial charge is 0.387 e. The Morgan fingerprint density at radius 2 is 2.09 bits per heavy atom. The van der Waals surface area contributed by atoms with E-state index in [0.29, 0.717) is 35.6 Å². The predicted molar refractivity (Wildman–Crippen MR) is 123 cm³/mol. The van der Waals surface area contributed by atoms with Crippen LogP contribution in [0.1, 0.15) is 51.0 Å². The van der Waals surface area contributed by atoms with Crippen molar-refractivity contribution in [3.05, 3.63) is 34.8 Å². The Morgan fingerprint density at radius 3 is 2.67 bits per heavy atom. The summed E-state index contributed by atoms with van der Waals surface area (Å²) in [6, 6.07) is 6.30. The summed E-state index contributed by atoms with van der Waals surface area (Å²) in [7, 11) is 0. The van der Waals surface area contributed by atoms with E-state index in [9.17, 15) is 24.3 Å². The fraction of sp³-hybridized carbons (Fsp3) is 0.583. The van der Waals surface area contributed by atoms with Crippen molar-refractivity contribution in [2.75, 3.05) is 13.1 Å². The number of benzene rings is 1. The first-order valence-electron chi connectivity index (χ1n) is 11.0. The largest absolute Gasteiger partial charge is 0.434 e. The number of piperidine rings is 1. The van der Waals surface area contributed by atoms with Gasteiger partial charge in [-0.15, -0.1) is 11.3 Å². The van der Waals surface area contributed by atoms with E-state index in [1.54, 1.807) is 6.20 Å². The van der Waals surface area contributed by atoms with Gasteiger partial charge < -0.3 is 14.9 Å². The molecule has 1 fully saturated rings. The molecule has 0 aliphatic carbocycles. The number of hydrogen-bond donors (Lipinski definition) is 2. The molecule has 2 atom stereocenters. The van der Waals surface area contributed by atoms with E-state index < -0.39 is 18.3 Å². The standard InChI is InChI=1S/C24H31F2N3O3S/c1-5-24(21(30)31)9-16(23(2,3)4)12-29(14-24)13-17-11-28-20(33-17)18-8-15(10-27)6-7-19(18)32-22(25)26/h6-8,11,16,21-22,30-31H,5,9,12-14H2,1-4H3/t16-,24-/m1/s1. The van der Waals surface area contributed by atoms with Crippen molar-refractivity contribution in [3.63, 3.8) is 0 Å².